The number of amides is 1. The maximum absolute atomic E-state index is 14.0. The molecule has 1 saturated heterocycles. The first-order valence-electron chi connectivity index (χ1n) is 10.6. The van der Waals surface area contributed by atoms with Gasteiger partial charge in [0.05, 0.1) is 5.69 Å². The first-order valence-corrected chi connectivity index (χ1v) is 10.6. The molecule has 1 aromatic carbocycles. The molecule has 1 aliphatic heterocycles. The molecule has 3 rings (SSSR count). The van der Waals surface area contributed by atoms with Crippen LogP contribution in [-0.4, -0.2) is 62.8 Å². The predicted octanol–water partition coefficient (Wildman–Crippen LogP) is 3.05. The van der Waals surface area contributed by atoms with E-state index in [-0.39, 0.29) is 17.8 Å². The van der Waals surface area contributed by atoms with Crippen LogP contribution in [0.4, 0.5) is 10.1 Å². The highest BCUT2D eigenvalue weighted by atomic mass is 19.1. The highest BCUT2D eigenvalue weighted by molar-refractivity contribution is 5.80. The molecule has 1 saturated carbocycles. The zero-order chi connectivity index (χ0) is 19.9. The van der Waals surface area contributed by atoms with Crippen molar-refractivity contribution in [3.8, 4) is 0 Å². The monoisotopic (exact) mass is 391 g/mol. The van der Waals surface area contributed by atoms with Crippen LogP contribution in [0.15, 0.2) is 24.3 Å². The molecule has 5 nitrogen and oxygen atoms in total. The van der Waals surface area contributed by atoms with Crippen molar-refractivity contribution in [3.05, 3.63) is 30.1 Å². The van der Waals surface area contributed by atoms with Gasteiger partial charge in [-0.3, -0.25) is 9.69 Å². The number of hydrogen-bond acceptors (Lipinski definition) is 4. The van der Waals surface area contributed by atoms with E-state index in [2.05, 4.69) is 15.1 Å². The molecule has 28 heavy (non-hydrogen) atoms. The van der Waals surface area contributed by atoms with Gasteiger partial charge in [0.2, 0.25) is 5.91 Å². The number of carbonyl (C=O) groups is 1. The second-order valence-corrected chi connectivity index (χ2v) is 8.11. The van der Waals surface area contributed by atoms with E-state index >= 15 is 0 Å². The molecule has 3 atom stereocenters. The number of benzene rings is 1. The zero-order valence-corrected chi connectivity index (χ0v) is 17.2. The van der Waals surface area contributed by atoms with Crippen molar-refractivity contribution < 1.29 is 13.9 Å². The van der Waals surface area contributed by atoms with Crippen molar-refractivity contribution >= 4 is 11.6 Å². The summed E-state index contributed by atoms with van der Waals surface area (Å²) in [7, 11) is 1.57. The Hall–Kier alpha value is -1.66. The minimum absolute atomic E-state index is 0.00194. The van der Waals surface area contributed by atoms with Gasteiger partial charge in [-0.15, -0.1) is 0 Å². The summed E-state index contributed by atoms with van der Waals surface area (Å²) in [6, 6.07) is 7.29. The topological polar surface area (TPSA) is 44.8 Å². The number of methoxy groups -OCH3 is 1. The summed E-state index contributed by atoms with van der Waals surface area (Å²) in [6.07, 6.45) is 5.39. The lowest BCUT2D eigenvalue weighted by Gasteiger charge is -2.38. The van der Waals surface area contributed by atoms with Crippen molar-refractivity contribution in [2.45, 2.75) is 51.2 Å². The number of rotatable bonds is 7. The van der Waals surface area contributed by atoms with Crippen LogP contribution in [0.25, 0.3) is 0 Å². The molecule has 2 aliphatic rings. The van der Waals surface area contributed by atoms with Crippen molar-refractivity contribution in [3.63, 3.8) is 0 Å². The van der Waals surface area contributed by atoms with Crippen LogP contribution in [0.5, 0.6) is 0 Å². The Kier molecular flexibility index (Phi) is 7.68. The molecule has 1 amide bonds. The van der Waals surface area contributed by atoms with Crippen LogP contribution in [0.3, 0.4) is 0 Å². The molecular formula is C22H34FN3O2. The van der Waals surface area contributed by atoms with Gasteiger partial charge < -0.3 is 15.0 Å². The largest absolute Gasteiger partial charge is 0.372 e. The fraction of sp³-hybridized carbons (Fsp3) is 0.682. The van der Waals surface area contributed by atoms with Crippen LogP contribution < -0.4 is 10.2 Å². The number of piperazine rings is 1. The fourth-order valence-electron chi connectivity index (χ4n) is 4.42. The molecule has 6 heteroatoms. The number of carbonyl (C=O) groups excluding carboxylic acids is 1. The van der Waals surface area contributed by atoms with Gasteiger partial charge >= 0.3 is 0 Å². The minimum atomic E-state index is -0.394. The van der Waals surface area contributed by atoms with Crippen LogP contribution in [0.1, 0.15) is 39.0 Å². The van der Waals surface area contributed by atoms with Crippen molar-refractivity contribution in [2.24, 2.45) is 5.92 Å². The van der Waals surface area contributed by atoms with E-state index in [0.29, 0.717) is 11.6 Å². The first-order chi connectivity index (χ1) is 13.6. The van der Waals surface area contributed by atoms with E-state index in [1.165, 1.54) is 25.3 Å². The van der Waals surface area contributed by atoms with Gasteiger partial charge in [-0.1, -0.05) is 25.0 Å². The summed E-state index contributed by atoms with van der Waals surface area (Å²) in [6.45, 7) is 6.47. The van der Waals surface area contributed by atoms with Gasteiger partial charge in [0.1, 0.15) is 11.9 Å². The maximum Gasteiger partial charge on any atom is 0.249 e. The van der Waals surface area contributed by atoms with Gasteiger partial charge in [-0.05, 0) is 50.8 Å². The van der Waals surface area contributed by atoms with E-state index in [9.17, 15) is 9.18 Å². The molecule has 3 unspecified atom stereocenters. The molecular weight excluding hydrogens is 357 g/mol. The molecule has 1 N–H and O–H groups in total. The quantitative estimate of drug-likeness (QED) is 0.776. The summed E-state index contributed by atoms with van der Waals surface area (Å²) < 4.78 is 19.1. The lowest BCUT2D eigenvalue weighted by molar-refractivity contribution is -0.131. The number of para-hydroxylation sites is 1. The molecule has 1 aliphatic carbocycles. The molecule has 1 aromatic rings. The highest BCUT2D eigenvalue weighted by Gasteiger charge is 2.28. The van der Waals surface area contributed by atoms with E-state index in [1.807, 2.05) is 12.1 Å². The second-order valence-electron chi connectivity index (χ2n) is 8.11. The minimum Gasteiger partial charge on any atom is -0.372 e. The summed E-state index contributed by atoms with van der Waals surface area (Å²) in [5.41, 5.74) is 0.712. The molecule has 2 fully saturated rings. The number of nitrogens with one attached hydrogen (secondary N) is 1. The Morgan fingerprint density at radius 3 is 2.64 bits per heavy atom. The van der Waals surface area contributed by atoms with Crippen molar-refractivity contribution in [1.29, 1.82) is 0 Å². The van der Waals surface area contributed by atoms with Gasteiger partial charge in [0.15, 0.2) is 0 Å². The molecule has 156 valence electrons. The third kappa shape index (κ3) is 5.45. The Labute approximate surface area is 168 Å². The second kappa shape index (κ2) is 10.2. The van der Waals surface area contributed by atoms with E-state index < -0.39 is 6.10 Å². The lowest BCUT2D eigenvalue weighted by Crippen LogP contribution is -2.49. The van der Waals surface area contributed by atoms with Gasteiger partial charge in [0.25, 0.3) is 0 Å². The third-order valence-corrected chi connectivity index (χ3v) is 6.34. The van der Waals surface area contributed by atoms with Crippen LogP contribution in [0.2, 0.25) is 0 Å². The molecule has 1 heterocycles. The van der Waals surface area contributed by atoms with E-state index in [0.717, 1.165) is 45.6 Å². The number of anilines is 1. The Morgan fingerprint density at radius 1 is 1.21 bits per heavy atom. The summed E-state index contributed by atoms with van der Waals surface area (Å²) >= 11 is 0. The van der Waals surface area contributed by atoms with Crippen LogP contribution >= 0.6 is 0 Å². The Balaban J connectivity index is 1.46. The maximum atomic E-state index is 14.0. The van der Waals surface area contributed by atoms with Crippen LogP contribution in [0, 0.1) is 11.7 Å². The standard InChI is InChI=1S/C22H34FN3O2/c1-17(28-2)22(27)24-20-9-5-3-7-18(20)11-12-25-13-15-26(16-14-25)21-10-6-4-8-19(21)23/h4,6,8,10,17-18,20H,3,5,7,9,11-16H2,1-2H3,(H,24,27). The third-order valence-electron chi connectivity index (χ3n) is 6.34. The predicted molar refractivity (Wildman–Crippen MR) is 110 cm³/mol. The van der Waals surface area contributed by atoms with Gasteiger partial charge in [-0.2, -0.15) is 0 Å². The molecule has 0 spiro atoms. The Bertz CT molecular complexity index is 634. The Morgan fingerprint density at radius 2 is 1.93 bits per heavy atom. The average Bonchev–Trinajstić information content (AvgIpc) is 2.73. The summed E-state index contributed by atoms with van der Waals surface area (Å²) in [5.74, 6) is 0.395. The molecule has 0 bridgehead atoms. The van der Waals surface area contributed by atoms with Gasteiger partial charge in [-0.25, -0.2) is 4.39 Å². The molecule has 0 aromatic heterocycles. The van der Waals surface area contributed by atoms with Crippen molar-refractivity contribution in [2.75, 3.05) is 44.7 Å². The lowest BCUT2D eigenvalue weighted by atomic mass is 9.82. The van der Waals surface area contributed by atoms with Gasteiger partial charge in [0, 0.05) is 39.3 Å². The molecule has 0 radical (unpaired) electrons. The normalized spacial score (nSPS) is 24.8. The SMILES string of the molecule is COC(C)C(=O)NC1CCCCC1CCN1CCN(c2ccccc2F)CC1. The smallest absolute Gasteiger partial charge is 0.249 e. The number of ether oxygens (including phenoxy) is 1. The van der Waals surface area contributed by atoms with E-state index in [4.69, 9.17) is 4.74 Å². The van der Waals surface area contributed by atoms with E-state index in [1.54, 1.807) is 20.1 Å². The number of halogens is 1. The average molecular weight is 392 g/mol. The summed E-state index contributed by atoms with van der Waals surface area (Å²) in [4.78, 5) is 16.8. The van der Waals surface area contributed by atoms with Crippen molar-refractivity contribution in [1.82, 2.24) is 10.2 Å². The fourth-order valence-corrected chi connectivity index (χ4v) is 4.42. The first kappa shape index (κ1) is 21.1. The van der Waals surface area contributed by atoms with Crippen LogP contribution in [-0.2, 0) is 9.53 Å². The summed E-state index contributed by atoms with van der Waals surface area (Å²) in [5, 5.41) is 3.21. The highest BCUT2D eigenvalue weighted by Crippen LogP contribution is 2.28. The number of nitrogens with zero attached hydrogens (tertiary/aromatic N) is 2. The number of hydrogen-bond donors (Lipinski definition) is 1. The zero-order valence-electron chi connectivity index (χ0n) is 17.2.